The molecule has 3 heterocycles. The SMILES string of the molecule is Cc1ccc(CNC(=O)C2CC3(CO2)CN(c2cc(C(F)(F)F)ncn2)CCO3)cc1. The number of hydrogen-bond donors (Lipinski definition) is 1. The summed E-state index contributed by atoms with van der Waals surface area (Å²) in [5.41, 5.74) is 0.360. The van der Waals surface area contributed by atoms with Gasteiger partial charge in [-0.1, -0.05) is 29.8 Å². The summed E-state index contributed by atoms with van der Waals surface area (Å²) in [7, 11) is 0. The van der Waals surface area contributed by atoms with Crippen LogP contribution in [0, 0.1) is 6.92 Å². The summed E-state index contributed by atoms with van der Waals surface area (Å²) in [6.45, 7) is 3.53. The molecule has 7 nitrogen and oxygen atoms in total. The Morgan fingerprint density at radius 2 is 2.06 bits per heavy atom. The number of amides is 1. The third-order valence-electron chi connectivity index (χ3n) is 5.50. The van der Waals surface area contributed by atoms with Crippen LogP contribution in [0.25, 0.3) is 0 Å². The molecule has 2 aliphatic rings. The quantitative estimate of drug-likeness (QED) is 0.794. The van der Waals surface area contributed by atoms with Crippen molar-refractivity contribution in [2.24, 2.45) is 0 Å². The largest absolute Gasteiger partial charge is 0.433 e. The van der Waals surface area contributed by atoms with E-state index in [1.54, 1.807) is 4.90 Å². The normalized spacial score (nSPS) is 23.9. The molecular formula is C21H23F3N4O3. The second-order valence-electron chi connectivity index (χ2n) is 7.92. The topological polar surface area (TPSA) is 76.6 Å². The van der Waals surface area contributed by atoms with Crippen LogP contribution in [0.2, 0.25) is 0 Å². The van der Waals surface area contributed by atoms with Crippen molar-refractivity contribution in [2.75, 3.05) is 31.2 Å². The van der Waals surface area contributed by atoms with Crippen molar-refractivity contribution in [2.45, 2.75) is 37.8 Å². The van der Waals surface area contributed by atoms with Crippen molar-refractivity contribution in [1.82, 2.24) is 15.3 Å². The van der Waals surface area contributed by atoms with Gasteiger partial charge in [0.25, 0.3) is 0 Å². The van der Waals surface area contributed by atoms with Crippen molar-refractivity contribution >= 4 is 11.7 Å². The van der Waals surface area contributed by atoms with Crippen LogP contribution in [0.1, 0.15) is 23.2 Å². The van der Waals surface area contributed by atoms with Crippen molar-refractivity contribution in [3.8, 4) is 0 Å². The molecule has 4 rings (SSSR count). The van der Waals surface area contributed by atoms with Gasteiger partial charge in [-0.05, 0) is 12.5 Å². The zero-order valence-electron chi connectivity index (χ0n) is 17.0. The molecular weight excluding hydrogens is 413 g/mol. The summed E-state index contributed by atoms with van der Waals surface area (Å²) in [6, 6.07) is 8.78. The zero-order valence-corrected chi connectivity index (χ0v) is 17.0. The molecule has 2 unspecified atom stereocenters. The number of carbonyl (C=O) groups is 1. The number of halogens is 3. The van der Waals surface area contributed by atoms with E-state index in [1.807, 2.05) is 31.2 Å². The molecule has 10 heteroatoms. The van der Waals surface area contributed by atoms with Crippen molar-refractivity contribution < 1.29 is 27.4 Å². The molecule has 0 radical (unpaired) electrons. The van der Waals surface area contributed by atoms with Crippen LogP contribution in [0.3, 0.4) is 0 Å². The number of alkyl halides is 3. The number of nitrogens with one attached hydrogen (secondary N) is 1. The first kappa shape index (κ1) is 21.5. The van der Waals surface area contributed by atoms with E-state index in [0.29, 0.717) is 26.1 Å². The van der Waals surface area contributed by atoms with E-state index in [2.05, 4.69) is 15.3 Å². The fourth-order valence-electron chi connectivity index (χ4n) is 3.81. The Balaban J connectivity index is 1.38. The zero-order chi connectivity index (χ0) is 22.1. The molecule has 166 valence electrons. The standard InChI is InChI=1S/C21H23F3N4O3/c1-14-2-4-15(5-3-14)10-25-19(29)16-9-20(12-30-16)11-28(6-7-31-20)18-8-17(21(22,23)24)26-13-27-18/h2-5,8,13,16H,6-7,9-12H2,1H3,(H,25,29). The number of nitrogens with zero attached hydrogens (tertiary/aromatic N) is 3. The lowest BCUT2D eigenvalue weighted by molar-refractivity contribution is -0.141. The van der Waals surface area contributed by atoms with E-state index in [9.17, 15) is 18.0 Å². The van der Waals surface area contributed by atoms with Gasteiger partial charge in [0.05, 0.1) is 19.8 Å². The predicted molar refractivity (Wildman–Crippen MR) is 105 cm³/mol. The van der Waals surface area contributed by atoms with Crippen molar-refractivity contribution in [3.05, 3.63) is 53.5 Å². The minimum atomic E-state index is -4.54. The van der Waals surface area contributed by atoms with Crippen LogP contribution in [0.4, 0.5) is 19.0 Å². The van der Waals surface area contributed by atoms with Crippen molar-refractivity contribution in [3.63, 3.8) is 0 Å². The van der Waals surface area contributed by atoms with E-state index in [1.165, 1.54) is 0 Å². The maximum Gasteiger partial charge on any atom is 0.433 e. The van der Waals surface area contributed by atoms with Crippen LogP contribution in [0.5, 0.6) is 0 Å². The molecule has 2 atom stereocenters. The molecule has 0 saturated carbocycles. The first-order valence-corrected chi connectivity index (χ1v) is 9.97. The van der Waals surface area contributed by atoms with Gasteiger partial charge in [-0.15, -0.1) is 0 Å². The number of aryl methyl sites for hydroxylation is 1. The molecule has 0 bridgehead atoms. The number of rotatable bonds is 4. The lowest BCUT2D eigenvalue weighted by Gasteiger charge is -2.40. The maximum atomic E-state index is 13.0. The molecule has 31 heavy (non-hydrogen) atoms. The maximum absolute atomic E-state index is 13.0. The highest BCUT2D eigenvalue weighted by molar-refractivity contribution is 5.81. The van der Waals surface area contributed by atoms with E-state index in [-0.39, 0.29) is 24.9 Å². The smallest absolute Gasteiger partial charge is 0.369 e. The van der Waals surface area contributed by atoms with E-state index < -0.39 is 23.6 Å². The molecule has 1 amide bonds. The number of hydrogen-bond acceptors (Lipinski definition) is 6. The first-order valence-electron chi connectivity index (χ1n) is 9.97. The second-order valence-corrected chi connectivity index (χ2v) is 7.92. The van der Waals surface area contributed by atoms with Crippen LogP contribution in [0.15, 0.2) is 36.7 Å². The highest BCUT2D eigenvalue weighted by Crippen LogP contribution is 2.34. The number of ether oxygens (including phenoxy) is 2. The molecule has 1 N–H and O–H groups in total. The van der Waals surface area contributed by atoms with Gasteiger partial charge >= 0.3 is 6.18 Å². The Bertz CT molecular complexity index is 938. The third-order valence-corrected chi connectivity index (χ3v) is 5.50. The van der Waals surface area contributed by atoms with Gasteiger partial charge in [0, 0.05) is 25.6 Å². The van der Waals surface area contributed by atoms with Gasteiger partial charge in [0.2, 0.25) is 5.91 Å². The number of carbonyl (C=O) groups excluding carboxylic acids is 1. The summed E-state index contributed by atoms with van der Waals surface area (Å²) >= 11 is 0. The van der Waals surface area contributed by atoms with Gasteiger partial charge in [0.15, 0.2) is 0 Å². The average molecular weight is 436 g/mol. The molecule has 0 aliphatic carbocycles. The third kappa shape index (κ3) is 4.96. The summed E-state index contributed by atoms with van der Waals surface area (Å²) in [6.07, 6.45) is -3.99. The molecule has 1 aromatic carbocycles. The molecule has 2 aromatic rings. The predicted octanol–water partition coefficient (Wildman–Crippen LogP) is 2.48. The Labute approximate surface area is 177 Å². The van der Waals surface area contributed by atoms with Crippen LogP contribution in [-0.2, 0) is 27.0 Å². The lowest BCUT2D eigenvalue weighted by atomic mass is 9.97. The monoisotopic (exact) mass is 436 g/mol. The Morgan fingerprint density at radius 1 is 1.29 bits per heavy atom. The van der Waals surface area contributed by atoms with Crippen LogP contribution >= 0.6 is 0 Å². The highest BCUT2D eigenvalue weighted by Gasteiger charge is 2.47. The van der Waals surface area contributed by atoms with Gasteiger partial charge in [0.1, 0.15) is 29.5 Å². The van der Waals surface area contributed by atoms with Gasteiger partial charge < -0.3 is 19.7 Å². The number of morpholine rings is 1. The average Bonchev–Trinajstić information content (AvgIpc) is 3.16. The summed E-state index contributed by atoms with van der Waals surface area (Å²) in [4.78, 5) is 21.6. The number of aromatic nitrogens is 2. The minimum Gasteiger partial charge on any atom is -0.369 e. The highest BCUT2D eigenvalue weighted by atomic mass is 19.4. The first-order chi connectivity index (χ1) is 14.7. The summed E-state index contributed by atoms with van der Waals surface area (Å²) < 4.78 is 50.6. The molecule has 1 aromatic heterocycles. The van der Waals surface area contributed by atoms with Crippen molar-refractivity contribution in [1.29, 1.82) is 0 Å². The fourth-order valence-corrected chi connectivity index (χ4v) is 3.81. The lowest BCUT2D eigenvalue weighted by Crippen LogP contribution is -2.53. The minimum absolute atomic E-state index is 0.178. The molecule has 1 spiro atoms. The van der Waals surface area contributed by atoms with Crippen LogP contribution < -0.4 is 10.2 Å². The number of anilines is 1. The molecule has 2 aliphatic heterocycles. The van der Waals surface area contributed by atoms with Gasteiger partial charge in [-0.2, -0.15) is 13.2 Å². The van der Waals surface area contributed by atoms with Gasteiger partial charge in [-0.3, -0.25) is 4.79 Å². The second kappa shape index (κ2) is 8.43. The van der Waals surface area contributed by atoms with Crippen LogP contribution in [-0.4, -0.2) is 53.9 Å². The Kier molecular flexibility index (Phi) is 5.85. The van der Waals surface area contributed by atoms with E-state index >= 15 is 0 Å². The van der Waals surface area contributed by atoms with E-state index in [4.69, 9.17) is 9.47 Å². The molecule has 2 fully saturated rings. The van der Waals surface area contributed by atoms with E-state index in [0.717, 1.165) is 23.5 Å². The summed E-state index contributed by atoms with van der Waals surface area (Å²) in [5, 5.41) is 2.87. The Morgan fingerprint density at radius 3 is 2.81 bits per heavy atom. The summed E-state index contributed by atoms with van der Waals surface area (Å²) in [5.74, 6) is -0.0585. The fraction of sp³-hybridized carbons (Fsp3) is 0.476. The number of benzene rings is 1. The Hall–Kier alpha value is -2.72. The molecule has 2 saturated heterocycles. The van der Waals surface area contributed by atoms with Gasteiger partial charge in [-0.25, -0.2) is 9.97 Å².